The van der Waals surface area contributed by atoms with Crippen LogP contribution in [0.2, 0.25) is 0 Å². The lowest BCUT2D eigenvalue weighted by Crippen LogP contribution is -2.32. The van der Waals surface area contributed by atoms with Crippen LogP contribution in [0.5, 0.6) is 0 Å². The van der Waals surface area contributed by atoms with Gasteiger partial charge in [-0.05, 0) is 27.7 Å². The Bertz CT molecular complexity index is 357. The van der Waals surface area contributed by atoms with E-state index in [1.165, 1.54) is 0 Å². The molecule has 0 saturated heterocycles. The number of aromatic nitrogens is 2. The van der Waals surface area contributed by atoms with Crippen molar-refractivity contribution in [3.8, 4) is 0 Å². The van der Waals surface area contributed by atoms with E-state index in [1.54, 1.807) is 7.11 Å². The second-order valence-electron chi connectivity index (χ2n) is 4.48. The molecule has 5 heteroatoms. The molecule has 1 rings (SSSR count). The maximum Gasteiger partial charge on any atom is 0.148 e. The van der Waals surface area contributed by atoms with Crippen molar-refractivity contribution in [2.45, 2.75) is 39.8 Å². The minimum absolute atomic E-state index is 0.219. The summed E-state index contributed by atoms with van der Waals surface area (Å²) < 4.78 is 7.22. The second-order valence-corrected chi connectivity index (χ2v) is 4.48. The van der Waals surface area contributed by atoms with Gasteiger partial charge in [0.15, 0.2) is 0 Å². The van der Waals surface area contributed by atoms with Crippen molar-refractivity contribution in [3.63, 3.8) is 0 Å². The predicted octanol–water partition coefficient (Wildman–Crippen LogP) is 1.63. The van der Waals surface area contributed by atoms with Gasteiger partial charge in [0.05, 0.1) is 17.0 Å². The van der Waals surface area contributed by atoms with Gasteiger partial charge < -0.3 is 15.8 Å². The molecule has 0 spiro atoms. The maximum absolute atomic E-state index is 5.96. The first-order chi connectivity index (χ1) is 7.41. The fraction of sp³-hybridized carbons (Fsp3) is 0.727. The van der Waals surface area contributed by atoms with Gasteiger partial charge in [-0.15, -0.1) is 0 Å². The Hall–Kier alpha value is -1.23. The summed E-state index contributed by atoms with van der Waals surface area (Å²) in [5.74, 6) is 0.880. The molecule has 3 N–H and O–H groups in total. The largest absolute Gasteiger partial charge is 0.394 e. The van der Waals surface area contributed by atoms with Gasteiger partial charge in [0, 0.05) is 20.2 Å². The van der Waals surface area contributed by atoms with Crippen LogP contribution in [0.15, 0.2) is 0 Å². The molecule has 1 aromatic rings. The first kappa shape index (κ1) is 12.8. The van der Waals surface area contributed by atoms with E-state index in [0.717, 1.165) is 18.1 Å². The van der Waals surface area contributed by atoms with Gasteiger partial charge in [-0.3, -0.25) is 0 Å². The van der Waals surface area contributed by atoms with Gasteiger partial charge in [0.1, 0.15) is 5.82 Å². The highest BCUT2D eigenvalue weighted by Gasteiger charge is 2.18. The Kier molecular flexibility index (Phi) is 3.80. The van der Waals surface area contributed by atoms with Gasteiger partial charge in [0.2, 0.25) is 0 Å². The number of nitrogens with one attached hydrogen (secondary N) is 1. The summed E-state index contributed by atoms with van der Waals surface area (Å²) >= 11 is 0. The molecular weight excluding hydrogens is 204 g/mol. The third-order valence-electron chi connectivity index (χ3n) is 2.71. The number of anilines is 2. The van der Waals surface area contributed by atoms with Crippen molar-refractivity contribution in [1.29, 1.82) is 0 Å². The summed E-state index contributed by atoms with van der Waals surface area (Å²) in [7, 11) is 1.70. The molecule has 0 aliphatic rings. The minimum atomic E-state index is -0.219. The standard InChI is InChI=1S/C11H22N4O/c1-6-15-10(9(12)8(2)14-15)13-7-11(3,4)16-5/h13H,6-7,12H2,1-5H3. The number of nitrogens with zero attached hydrogens (tertiary/aromatic N) is 2. The SMILES string of the molecule is CCn1nc(C)c(N)c1NCC(C)(C)OC. The van der Waals surface area contributed by atoms with Crippen LogP contribution in [0, 0.1) is 6.92 Å². The molecule has 0 aliphatic carbocycles. The summed E-state index contributed by atoms with van der Waals surface area (Å²) in [5.41, 5.74) is 7.32. The van der Waals surface area contributed by atoms with Crippen LogP contribution in [-0.2, 0) is 11.3 Å². The predicted molar refractivity (Wildman–Crippen MR) is 66.6 cm³/mol. The van der Waals surface area contributed by atoms with Crippen LogP contribution < -0.4 is 11.1 Å². The lowest BCUT2D eigenvalue weighted by Gasteiger charge is -2.24. The molecule has 1 heterocycles. The smallest absolute Gasteiger partial charge is 0.148 e. The molecule has 0 aromatic carbocycles. The van der Waals surface area contributed by atoms with Crippen LogP contribution in [0.1, 0.15) is 26.5 Å². The van der Waals surface area contributed by atoms with Crippen molar-refractivity contribution >= 4 is 11.5 Å². The molecule has 0 unspecified atom stereocenters. The zero-order valence-corrected chi connectivity index (χ0v) is 10.8. The molecule has 0 fully saturated rings. The summed E-state index contributed by atoms with van der Waals surface area (Å²) in [5, 5.41) is 7.64. The number of hydrogen-bond acceptors (Lipinski definition) is 4. The van der Waals surface area contributed by atoms with Crippen molar-refractivity contribution in [2.75, 3.05) is 24.7 Å². The number of nitrogen functional groups attached to an aromatic ring is 1. The molecular formula is C11H22N4O. The van der Waals surface area contributed by atoms with Gasteiger partial charge in [-0.25, -0.2) is 4.68 Å². The lowest BCUT2D eigenvalue weighted by atomic mass is 10.1. The molecule has 0 aliphatic heterocycles. The Morgan fingerprint density at radius 2 is 2.12 bits per heavy atom. The van der Waals surface area contributed by atoms with Crippen molar-refractivity contribution in [1.82, 2.24) is 9.78 Å². The Morgan fingerprint density at radius 1 is 1.50 bits per heavy atom. The quantitative estimate of drug-likeness (QED) is 0.801. The van der Waals surface area contributed by atoms with Crippen molar-refractivity contribution < 1.29 is 4.74 Å². The van der Waals surface area contributed by atoms with E-state index in [0.29, 0.717) is 12.2 Å². The average molecular weight is 226 g/mol. The highest BCUT2D eigenvalue weighted by atomic mass is 16.5. The third kappa shape index (κ3) is 2.66. The summed E-state index contributed by atoms with van der Waals surface area (Å²) in [4.78, 5) is 0. The van der Waals surface area contributed by atoms with Crippen LogP contribution in [-0.4, -0.2) is 29.0 Å². The minimum Gasteiger partial charge on any atom is -0.394 e. The van der Waals surface area contributed by atoms with Crippen LogP contribution in [0.25, 0.3) is 0 Å². The van der Waals surface area contributed by atoms with Gasteiger partial charge in [-0.1, -0.05) is 0 Å². The zero-order chi connectivity index (χ0) is 12.3. The molecule has 5 nitrogen and oxygen atoms in total. The normalized spacial score (nSPS) is 11.8. The molecule has 0 radical (unpaired) electrons. The highest BCUT2D eigenvalue weighted by molar-refractivity contribution is 5.64. The van der Waals surface area contributed by atoms with Crippen molar-refractivity contribution in [2.24, 2.45) is 0 Å². The van der Waals surface area contributed by atoms with Gasteiger partial charge in [0.25, 0.3) is 0 Å². The number of rotatable bonds is 5. The maximum atomic E-state index is 5.96. The number of methoxy groups -OCH3 is 1. The highest BCUT2D eigenvalue weighted by Crippen LogP contribution is 2.23. The molecule has 1 aromatic heterocycles. The first-order valence-corrected chi connectivity index (χ1v) is 5.53. The Morgan fingerprint density at radius 3 is 2.62 bits per heavy atom. The van der Waals surface area contributed by atoms with Crippen LogP contribution >= 0.6 is 0 Å². The summed E-state index contributed by atoms with van der Waals surface area (Å²) in [6, 6.07) is 0. The summed E-state index contributed by atoms with van der Waals surface area (Å²) in [6.07, 6.45) is 0. The van der Waals surface area contributed by atoms with E-state index in [-0.39, 0.29) is 5.60 Å². The van der Waals surface area contributed by atoms with Crippen LogP contribution in [0.3, 0.4) is 0 Å². The van der Waals surface area contributed by atoms with E-state index in [4.69, 9.17) is 10.5 Å². The lowest BCUT2D eigenvalue weighted by molar-refractivity contribution is 0.0342. The van der Waals surface area contributed by atoms with Gasteiger partial charge >= 0.3 is 0 Å². The molecule has 0 saturated carbocycles. The molecule has 16 heavy (non-hydrogen) atoms. The fourth-order valence-electron chi connectivity index (χ4n) is 1.38. The van der Waals surface area contributed by atoms with E-state index in [9.17, 15) is 0 Å². The number of nitrogens with two attached hydrogens (primary N) is 1. The van der Waals surface area contributed by atoms with E-state index >= 15 is 0 Å². The van der Waals surface area contributed by atoms with E-state index < -0.39 is 0 Å². The van der Waals surface area contributed by atoms with Gasteiger partial charge in [-0.2, -0.15) is 5.10 Å². The fourth-order valence-corrected chi connectivity index (χ4v) is 1.38. The molecule has 0 bridgehead atoms. The number of hydrogen-bond donors (Lipinski definition) is 2. The number of ether oxygens (including phenoxy) is 1. The Balaban J connectivity index is 2.81. The monoisotopic (exact) mass is 226 g/mol. The second kappa shape index (κ2) is 4.74. The first-order valence-electron chi connectivity index (χ1n) is 5.53. The van der Waals surface area contributed by atoms with Crippen molar-refractivity contribution in [3.05, 3.63) is 5.69 Å². The summed E-state index contributed by atoms with van der Waals surface area (Å²) in [6.45, 7) is 9.49. The van der Waals surface area contributed by atoms with Crippen LogP contribution in [0.4, 0.5) is 11.5 Å². The number of aryl methyl sites for hydroxylation is 2. The third-order valence-corrected chi connectivity index (χ3v) is 2.71. The molecule has 0 amide bonds. The Labute approximate surface area is 97.0 Å². The zero-order valence-electron chi connectivity index (χ0n) is 10.8. The molecule has 92 valence electrons. The van der Waals surface area contributed by atoms with E-state index in [1.807, 2.05) is 32.4 Å². The van der Waals surface area contributed by atoms with E-state index in [2.05, 4.69) is 10.4 Å². The average Bonchev–Trinajstić information content (AvgIpc) is 2.52. The molecule has 0 atom stereocenters. The topological polar surface area (TPSA) is 65.1 Å².